The Kier molecular flexibility index (Phi) is 7.39. The van der Waals surface area contributed by atoms with Gasteiger partial charge in [0.05, 0.1) is 25.2 Å². The zero-order valence-electron chi connectivity index (χ0n) is 16.1. The van der Waals surface area contributed by atoms with Crippen molar-refractivity contribution in [3.8, 4) is 17.1 Å². The molecule has 1 heterocycles. The summed E-state index contributed by atoms with van der Waals surface area (Å²) in [6.07, 6.45) is 0. The molecule has 0 aliphatic rings. The van der Waals surface area contributed by atoms with Crippen molar-refractivity contribution in [1.82, 2.24) is 20.5 Å². The van der Waals surface area contributed by atoms with Crippen molar-refractivity contribution in [2.75, 3.05) is 23.9 Å². The summed E-state index contributed by atoms with van der Waals surface area (Å²) in [7, 11) is 1.60. The molecular formula is C20H20FN5O3S. The number of carbonyl (C=O) groups is 2. The average molecular weight is 429 g/mol. The van der Waals surface area contributed by atoms with Crippen LogP contribution in [0.25, 0.3) is 11.4 Å². The largest absolute Gasteiger partial charge is 0.497 e. The van der Waals surface area contributed by atoms with E-state index in [-0.39, 0.29) is 35.7 Å². The van der Waals surface area contributed by atoms with Crippen LogP contribution in [0.4, 0.5) is 10.1 Å². The summed E-state index contributed by atoms with van der Waals surface area (Å²) in [5, 5.41) is 12.3. The van der Waals surface area contributed by atoms with Crippen molar-refractivity contribution in [2.45, 2.75) is 6.54 Å². The highest BCUT2D eigenvalue weighted by Gasteiger charge is 2.09. The second-order valence-electron chi connectivity index (χ2n) is 6.16. The van der Waals surface area contributed by atoms with E-state index in [4.69, 9.17) is 4.74 Å². The fraction of sp³-hybridized carbons (Fsp3) is 0.200. The molecule has 8 nitrogen and oxygen atoms in total. The molecule has 3 N–H and O–H groups in total. The number of anilines is 1. The van der Waals surface area contributed by atoms with Gasteiger partial charge in [0.25, 0.3) is 0 Å². The van der Waals surface area contributed by atoms with Crippen LogP contribution in [0.15, 0.2) is 48.5 Å². The molecule has 30 heavy (non-hydrogen) atoms. The number of benzene rings is 2. The molecule has 2 amide bonds. The number of nitrogens with zero attached hydrogens (tertiary/aromatic N) is 2. The average Bonchev–Trinajstić information content (AvgIpc) is 3.23. The van der Waals surface area contributed by atoms with Crippen molar-refractivity contribution >= 4 is 29.3 Å². The van der Waals surface area contributed by atoms with Crippen LogP contribution in [0.5, 0.6) is 5.75 Å². The number of amides is 2. The number of thioether (sulfide) groups is 1. The quantitative estimate of drug-likeness (QED) is 0.483. The van der Waals surface area contributed by atoms with Crippen LogP contribution >= 0.6 is 11.8 Å². The topological polar surface area (TPSA) is 109 Å². The van der Waals surface area contributed by atoms with Gasteiger partial charge in [-0.15, -0.1) is 11.8 Å². The molecule has 1 aromatic heterocycles. The molecule has 0 aliphatic carbocycles. The molecule has 0 fully saturated rings. The highest BCUT2D eigenvalue weighted by Crippen LogP contribution is 2.18. The number of halogens is 1. The van der Waals surface area contributed by atoms with Crippen molar-refractivity contribution in [2.24, 2.45) is 0 Å². The molecule has 156 valence electrons. The third kappa shape index (κ3) is 6.31. The van der Waals surface area contributed by atoms with E-state index in [1.165, 1.54) is 36.0 Å². The summed E-state index contributed by atoms with van der Waals surface area (Å²) in [6.45, 7) is 0.199. The van der Waals surface area contributed by atoms with Crippen molar-refractivity contribution < 1.29 is 18.7 Å². The first-order chi connectivity index (χ1) is 14.5. The molecule has 10 heteroatoms. The number of hydrogen-bond donors (Lipinski definition) is 3. The molecule has 0 spiro atoms. The Morgan fingerprint density at radius 2 is 1.77 bits per heavy atom. The highest BCUT2D eigenvalue weighted by atomic mass is 32.2. The summed E-state index contributed by atoms with van der Waals surface area (Å²) in [6, 6.07) is 12.8. The minimum Gasteiger partial charge on any atom is -0.497 e. The maximum Gasteiger partial charge on any atom is 0.234 e. The van der Waals surface area contributed by atoms with E-state index in [0.29, 0.717) is 17.3 Å². The van der Waals surface area contributed by atoms with Crippen LogP contribution in [0.2, 0.25) is 0 Å². The first kappa shape index (κ1) is 21.3. The van der Waals surface area contributed by atoms with Gasteiger partial charge in [0, 0.05) is 11.3 Å². The van der Waals surface area contributed by atoms with E-state index in [2.05, 4.69) is 25.8 Å². The van der Waals surface area contributed by atoms with Gasteiger partial charge >= 0.3 is 0 Å². The van der Waals surface area contributed by atoms with Gasteiger partial charge in [-0.05, 0) is 48.5 Å². The van der Waals surface area contributed by atoms with E-state index >= 15 is 0 Å². The predicted molar refractivity (Wildman–Crippen MR) is 113 cm³/mol. The lowest BCUT2D eigenvalue weighted by molar-refractivity contribution is -0.118. The van der Waals surface area contributed by atoms with Gasteiger partial charge in [0.1, 0.15) is 17.4 Å². The number of hydrogen-bond acceptors (Lipinski definition) is 6. The number of aromatic nitrogens is 3. The Morgan fingerprint density at radius 1 is 1.07 bits per heavy atom. The minimum atomic E-state index is -0.373. The molecule has 0 aliphatic heterocycles. The maximum absolute atomic E-state index is 12.9. The van der Waals surface area contributed by atoms with E-state index in [1.54, 1.807) is 7.11 Å². The lowest BCUT2D eigenvalue weighted by atomic mass is 10.2. The molecule has 0 saturated heterocycles. The van der Waals surface area contributed by atoms with Gasteiger partial charge in [-0.1, -0.05) is 0 Å². The predicted octanol–water partition coefficient (Wildman–Crippen LogP) is 2.61. The number of ether oxygens (including phenoxy) is 1. The SMILES string of the molecule is COc1ccc(-c2n[nH]c(CNC(=O)CSCC(=O)Nc3ccc(F)cc3)n2)cc1. The molecule has 0 atom stereocenters. The van der Waals surface area contributed by atoms with Crippen LogP contribution in [-0.4, -0.2) is 45.6 Å². The van der Waals surface area contributed by atoms with Crippen LogP contribution < -0.4 is 15.4 Å². The number of aromatic amines is 1. The Hall–Kier alpha value is -3.40. The molecule has 0 saturated carbocycles. The van der Waals surface area contributed by atoms with Gasteiger partial charge in [-0.3, -0.25) is 14.7 Å². The first-order valence-corrected chi connectivity index (χ1v) is 10.1. The normalized spacial score (nSPS) is 10.5. The van der Waals surface area contributed by atoms with Crippen LogP contribution in [0, 0.1) is 5.82 Å². The monoisotopic (exact) mass is 429 g/mol. The van der Waals surface area contributed by atoms with Gasteiger partial charge in [0.15, 0.2) is 5.82 Å². The van der Waals surface area contributed by atoms with Gasteiger partial charge in [-0.25, -0.2) is 9.37 Å². The van der Waals surface area contributed by atoms with Crippen molar-refractivity contribution in [3.05, 3.63) is 60.2 Å². The third-order valence-corrected chi connectivity index (χ3v) is 4.86. The molecule has 3 rings (SSSR count). The summed E-state index contributed by atoms with van der Waals surface area (Å²) >= 11 is 1.18. The number of nitrogens with one attached hydrogen (secondary N) is 3. The van der Waals surface area contributed by atoms with Gasteiger partial charge < -0.3 is 15.4 Å². The molecule has 2 aromatic carbocycles. The molecular weight excluding hydrogens is 409 g/mol. The maximum atomic E-state index is 12.9. The highest BCUT2D eigenvalue weighted by molar-refractivity contribution is 8.00. The van der Waals surface area contributed by atoms with E-state index < -0.39 is 0 Å². The summed E-state index contributed by atoms with van der Waals surface area (Å²) in [5.74, 6) is 1.15. The Labute approximate surface area is 176 Å². The second kappa shape index (κ2) is 10.4. The zero-order valence-corrected chi connectivity index (χ0v) is 17.0. The van der Waals surface area contributed by atoms with Crippen LogP contribution in [0.1, 0.15) is 5.82 Å². The van der Waals surface area contributed by atoms with E-state index in [0.717, 1.165) is 11.3 Å². The van der Waals surface area contributed by atoms with E-state index in [9.17, 15) is 14.0 Å². The first-order valence-electron chi connectivity index (χ1n) is 8.99. The smallest absolute Gasteiger partial charge is 0.234 e. The Balaban J connectivity index is 1.38. The number of methoxy groups -OCH3 is 1. The summed E-state index contributed by atoms with van der Waals surface area (Å²) in [5.41, 5.74) is 1.33. The fourth-order valence-electron chi connectivity index (χ4n) is 2.44. The molecule has 0 radical (unpaired) electrons. The summed E-state index contributed by atoms with van der Waals surface area (Å²) < 4.78 is 18.0. The number of carbonyl (C=O) groups excluding carboxylic acids is 2. The lowest BCUT2D eigenvalue weighted by Gasteiger charge is -2.05. The molecule has 0 bridgehead atoms. The van der Waals surface area contributed by atoms with Crippen LogP contribution in [0.3, 0.4) is 0 Å². The summed E-state index contributed by atoms with van der Waals surface area (Å²) in [4.78, 5) is 28.2. The van der Waals surface area contributed by atoms with Crippen molar-refractivity contribution in [1.29, 1.82) is 0 Å². The minimum absolute atomic E-state index is 0.106. The standard InChI is InChI=1S/C20H20FN5O3S/c1-29-16-8-2-13(3-9-16)20-24-17(25-26-20)10-22-18(27)11-30-12-19(28)23-15-6-4-14(21)5-7-15/h2-9H,10-12H2,1H3,(H,22,27)(H,23,28)(H,24,25,26). The second-order valence-corrected chi connectivity index (χ2v) is 7.14. The lowest BCUT2D eigenvalue weighted by Crippen LogP contribution is -2.26. The Bertz CT molecular complexity index is 992. The third-order valence-electron chi connectivity index (χ3n) is 3.93. The van der Waals surface area contributed by atoms with E-state index in [1.807, 2.05) is 24.3 Å². The van der Waals surface area contributed by atoms with Crippen LogP contribution in [-0.2, 0) is 16.1 Å². The van der Waals surface area contributed by atoms with Gasteiger partial charge in [-0.2, -0.15) is 5.10 Å². The zero-order chi connectivity index (χ0) is 21.3. The Morgan fingerprint density at radius 3 is 2.47 bits per heavy atom. The number of rotatable bonds is 9. The molecule has 3 aromatic rings. The fourth-order valence-corrected chi connectivity index (χ4v) is 3.09. The van der Waals surface area contributed by atoms with Crippen molar-refractivity contribution in [3.63, 3.8) is 0 Å². The van der Waals surface area contributed by atoms with Gasteiger partial charge in [0.2, 0.25) is 11.8 Å². The molecule has 0 unspecified atom stereocenters. The number of H-pyrrole nitrogens is 1.